The van der Waals surface area contributed by atoms with Crippen LogP contribution in [0.4, 0.5) is 5.13 Å². The van der Waals surface area contributed by atoms with Gasteiger partial charge in [0.05, 0.1) is 5.69 Å². The van der Waals surface area contributed by atoms with Crippen molar-refractivity contribution in [3.8, 4) is 0 Å². The quantitative estimate of drug-likeness (QED) is 0.555. The maximum absolute atomic E-state index is 5.31. The average molecular weight is 183 g/mol. The first-order chi connectivity index (χ1) is 5.85. The Balaban J connectivity index is 2.29. The second kappa shape index (κ2) is 3.03. The van der Waals surface area contributed by atoms with Gasteiger partial charge in [-0.25, -0.2) is 10.8 Å². The van der Waals surface area contributed by atoms with Crippen LogP contribution in [0.3, 0.4) is 0 Å². The first-order valence-corrected chi connectivity index (χ1v) is 5.13. The molecule has 66 valence electrons. The molecule has 12 heavy (non-hydrogen) atoms. The Hall–Kier alpha value is -0.610. The molecule has 4 heteroatoms. The third-order valence-electron chi connectivity index (χ3n) is 2.14. The Morgan fingerprint density at radius 1 is 1.67 bits per heavy atom. The average Bonchev–Trinajstić information content (AvgIpc) is 2.85. The third kappa shape index (κ3) is 1.32. The van der Waals surface area contributed by atoms with E-state index in [2.05, 4.69) is 17.3 Å². The van der Waals surface area contributed by atoms with Gasteiger partial charge in [0.25, 0.3) is 0 Å². The van der Waals surface area contributed by atoms with Gasteiger partial charge in [-0.2, -0.15) is 0 Å². The Morgan fingerprint density at radius 2 is 2.42 bits per heavy atom. The highest BCUT2D eigenvalue weighted by atomic mass is 32.1. The summed E-state index contributed by atoms with van der Waals surface area (Å²) in [6.07, 6.45) is 3.69. The zero-order chi connectivity index (χ0) is 8.55. The fraction of sp³-hybridized carbons (Fsp3) is 0.625. The van der Waals surface area contributed by atoms with Crippen molar-refractivity contribution in [2.45, 2.75) is 32.1 Å². The molecule has 0 aromatic carbocycles. The Labute approximate surface area is 76.0 Å². The van der Waals surface area contributed by atoms with E-state index >= 15 is 0 Å². The highest BCUT2D eigenvalue weighted by molar-refractivity contribution is 7.15. The summed E-state index contributed by atoms with van der Waals surface area (Å²) >= 11 is 1.68. The molecule has 0 spiro atoms. The molecule has 1 fully saturated rings. The Bertz CT molecular complexity index is 278. The number of anilines is 1. The van der Waals surface area contributed by atoms with Gasteiger partial charge in [0.1, 0.15) is 0 Å². The lowest BCUT2D eigenvalue weighted by Gasteiger charge is -1.92. The van der Waals surface area contributed by atoms with E-state index in [-0.39, 0.29) is 0 Å². The monoisotopic (exact) mass is 183 g/mol. The van der Waals surface area contributed by atoms with Crippen molar-refractivity contribution < 1.29 is 0 Å². The van der Waals surface area contributed by atoms with Gasteiger partial charge in [-0.05, 0) is 19.3 Å². The van der Waals surface area contributed by atoms with Crippen molar-refractivity contribution >= 4 is 16.5 Å². The van der Waals surface area contributed by atoms with Crippen molar-refractivity contribution in [3.63, 3.8) is 0 Å². The van der Waals surface area contributed by atoms with Crippen LogP contribution < -0.4 is 11.3 Å². The topological polar surface area (TPSA) is 50.9 Å². The highest BCUT2D eigenvalue weighted by Crippen LogP contribution is 2.43. The molecule has 0 atom stereocenters. The number of aryl methyl sites for hydroxylation is 1. The largest absolute Gasteiger partial charge is 0.300 e. The molecule has 0 unspecified atom stereocenters. The van der Waals surface area contributed by atoms with Gasteiger partial charge >= 0.3 is 0 Å². The van der Waals surface area contributed by atoms with Crippen LogP contribution in [0.5, 0.6) is 0 Å². The minimum Gasteiger partial charge on any atom is -0.300 e. The van der Waals surface area contributed by atoms with E-state index < -0.39 is 0 Å². The second-order valence-corrected chi connectivity index (χ2v) is 4.18. The second-order valence-electron chi connectivity index (χ2n) is 3.10. The summed E-state index contributed by atoms with van der Waals surface area (Å²) in [4.78, 5) is 5.84. The number of rotatable bonds is 3. The lowest BCUT2D eigenvalue weighted by atomic mass is 10.2. The van der Waals surface area contributed by atoms with E-state index in [1.54, 1.807) is 11.3 Å². The summed E-state index contributed by atoms with van der Waals surface area (Å²) in [6, 6.07) is 0. The predicted molar refractivity (Wildman–Crippen MR) is 51.3 cm³/mol. The van der Waals surface area contributed by atoms with Gasteiger partial charge in [-0.3, -0.25) is 5.43 Å². The summed E-state index contributed by atoms with van der Waals surface area (Å²) in [5.74, 6) is 6.04. The first kappa shape index (κ1) is 8.01. The van der Waals surface area contributed by atoms with Crippen LogP contribution in [0.25, 0.3) is 0 Å². The number of thiazole rings is 1. The van der Waals surface area contributed by atoms with Crippen LogP contribution >= 0.6 is 11.3 Å². The van der Waals surface area contributed by atoms with E-state index in [0.717, 1.165) is 17.5 Å². The molecular formula is C8H13N3S. The molecular weight excluding hydrogens is 170 g/mol. The molecule has 0 bridgehead atoms. The van der Waals surface area contributed by atoms with Crippen LogP contribution in [-0.2, 0) is 6.42 Å². The van der Waals surface area contributed by atoms with E-state index in [9.17, 15) is 0 Å². The van der Waals surface area contributed by atoms with Gasteiger partial charge < -0.3 is 0 Å². The number of aromatic nitrogens is 1. The minimum absolute atomic E-state index is 0.735. The number of nitrogens with one attached hydrogen (secondary N) is 1. The maximum Gasteiger partial charge on any atom is 0.197 e. The molecule has 1 aliphatic rings. The molecule has 3 nitrogen and oxygen atoms in total. The van der Waals surface area contributed by atoms with Crippen molar-refractivity contribution in [2.24, 2.45) is 5.84 Å². The SMILES string of the molecule is CCc1sc(NN)nc1C1CC1. The van der Waals surface area contributed by atoms with Gasteiger partial charge in [-0.15, -0.1) is 11.3 Å². The number of hydrogen-bond donors (Lipinski definition) is 2. The summed E-state index contributed by atoms with van der Waals surface area (Å²) in [5.41, 5.74) is 3.90. The molecule has 2 rings (SSSR count). The Morgan fingerprint density at radius 3 is 2.92 bits per heavy atom. The zero-order valence-corrected chi connectivity index (χ0v) is 7.95. The number of nitrogens with zero attached hydrogens (tertiary/aromatic N) is 1. The van der Waals surface area contributed by atoms with E-state index in [1.807, 2.05) is 0 Å². The van der Waals surface area contributed by atoms with Crippen molar-refractivity contribution in [3.05, 3.63) is 10.6 Å². The van der Waals surface area contributed by atoms with Gasteiger partial charge in [0, 0.05) is 10.8 Å². The van der Waals surface area contributed by atoms with Crippen molar-refractivity contribution in [1.29, 1.82) is 0 Å². The lowest BCUT2D eigenvalue weighted by molar-refractivity contribution is 0.995. The first-order valence-electron chi connectivity index (χ1n) is 4.31. The zero-order valence-electron chi connectivity index (χ0n) is 7.13. The van der Waals surface area contributed by atoms with E-state index in [4.69, 9.17) is 5.84 Å². The smallest absolute Gasteiger partial charge is 0.197 e. The molecule has 1 aliphatic carbocycles. The van der Waals surface area contributed by atoms with Gasteiger partial charge in [0.15, 0.2) is 5.13 Å². The molecule has 1 aromatic rings. The summed E-state index contributed by atoms with van der Waals surface area (Å²) < 4.78 is 0. The van der Waals surface area contributed by atoms with E-state index in [0.29, 0.717) is 0 Å². The van der Waals surface area contributed by atoms with Crippen LogP contribution in [0.1, 0.15) is 36.3 Å². The fourth-order valence-electron chi connectivity index (χ4n) is 1.35. The van der Waals surface area contributed by atoms with Crippen molar-refractivity contribution in [1.82, 2.24) is 4.98 Å². The number of nitrogens with two attached hydrogens (primary N) is 1. The molecule has 1 heterocycles. The standard InChI is InChI=1S/C8H13N3S/c1-2-6-7(5-3-4-5)10-8(11-9)12-6/h5H,2-4,9H2,1H3,(H,10,11). The third-order valence-corrected chi connectivity index (χ3v) is 3.28. The van der Waals surface area contributed by atoms with Gasteiger partial charge in [-0.1, -0.05) is 6.92 Å². The fourth-order valence-corrected chi connectivity index (χ4v) is 2.25. The van der Waals surface area contributed by atoms with E-state index in [1.165, 1.54) is 23.4 Å². The van der Waals surface area contributed by atoms with Crippen LogP contribution in [-0.4, -0.2) is 4.98 Å². The Kier molecular flexibility index (Phi) is 2.02. The molecule has 0 radical (unpaired) electrons. The normalized spacial score (nSPS) is 16.5. The molecule has 0 saturated heterocycles. The molecule has 1 aromatic heterocycles. The number of nitrogen functional groups attached to an aromatic ring is 1. The van der Waals surface area contributed by atoms with Crippen molar-refractivity contribution in [2.75, 3.05) is 5.43 Å². The molecule has 0 aliphatic heterocycles. The predicted octanol–water partition coefficient (Wildman–Crippen LogP) is 1.87. The highest BCUT2D eigenvalue weighted by Gasteiger charge is 2.28. The number of hydrogen-bond acceptors (Lipinski definition) is 4. The molecule has 3 N–H and O–H groups in total. The summed E-state index contributed by atoms with van der Waals surface area (Å²) in [7, 11) is 0. The maximum atomic E-state index is 5.31. The molecule has 0 amide bonds. The van der Waals surface area contributed by atoms with Crippen LogP contribution in [0.15, 0.2) is 0 Å². The van der Waals surface area contributed by atoms with Crippen LogP contribution in [0.2, 0.25) is 0 Å². The lowest BCUT2D eigenvalue weighted by Crippen LogP contribution is -2.05. The number of hydrazine groups is 1. The molecule has 1 saturated carbocycles. The summed E-state index contributed by atoms with van der Waals surface area (Å²) in [5, 5.41) is 0.855. The van der Waals surface area contributed by atoms with Gasteiger partial charge in [0.2, 0.25) is 0 Å². The van der Waals surface area contributed by atoms with Crippen LogP contribution in [0, 0.1) is 0 Å². The summed E-state index contributed by atoms with van der Waals surface area (Å²) in [6.45, 7) is 2.17. The minimum atomic E-state index is 0.735.